The highest BCUT2D eigenvalue weighted by atomic mass is 16.6. The van der Waals surface area contributed by atoms with Gasteiger partial charge in [0.15, 0.2) is 0 Å². The van der Waals surface area contributed by atoms with Gasteiger partial charge < -0.3 is 19.7 Å². The van der Waals surface area contributed by atoms with Crippen molar-refractivity contribution in [3.8, 4) is 0 Å². The van der Waals surface area contributed by atoms with Crippen molar-refractivity contribution in [2.24, 2.45) is 0 Å². The molecule has 0 aromatic heterocycles. The molecule has 8 heteroatoms. The average molecular weight is 347 g/mol. The zero-order valence-electron chi connectivity index (χ0n) is 15.5. The average Bonchev–Trinajstić information content (AvgIpc) is 2.28. The van der Waals surface area contributed by atoms with Gasteiger partial charge in [-0.1, -0.05) is 0 Å². The van der Waals surface area contributed by atoms with Gasteiger partial charge in [0.05, 0.1) is 6.10 Å². The van der Waals surface area contributed by atoms with Crippen molar-refractivity contribution in [2.75, 3.05) is 0 Å². The van der Waals surface area contributed by atoms with Crippen LogP contribution in [0.1, 0.15) is 61.3 Å². The van der Waals surface area contributed by atoms with Crippen LogP contribution in [0.15, 0.2) is 0 Å². The van der Waals surface area contributed by atoms with E-state index in [-0.39, 0.29) is 12.8 Å². The third-order valence-corrected chi connectivity index (χ3v) is 2.63. The molecule has 0 aromatic rings. The second kappa shape index (κ2) is 8.32. The van der Waals surface area contributed by atoms with Crippen LogP contribution in [-0.4, -0.2) is 56.6 Å². The van der Waals surface area contributed by atoms with Gasteiger partial charge in [0, 0.05) is 0 Å². The van der Waals surface area contributed by atoms with E-state index in [0.29, 0.717) is 4.90 Å². The molecule has 0 fully saturated rings. The smallest absolute Gasteiger partial charge is 0.420 e. The fraction of sp³-hybridized carbons (Fsp3) is 0.812. The molecule has 0 saturated carbocycles. The summed E-state index contributed by atoms with van der Waals surface area (Å²) < 4.78 is 10.3. The van der Waals surface area contributed by atoms with Crippen LogP contribution in [0.5, 0.6) is 0 Å². The molecule has 0 saturated heterocycles. The van der Waals surface area contributed by atoms with E-state index >= 15 is 0 Å². The Balaban J connectivity index is 5.58. The van der Waals surface area contributed by atoms with Gasteiger partial charge in [-0.2, -0.15) is 4.90 Å². The molecule has 0 heterocycles. The number of aliphatic hydroxyl groups excluding tert-OH is 1. The Kier molecular flexibility index (Phi) is 7.69. The molecule has 0 bridgehead atoms. The maximum Gasteiger partial charge on any atom is 0.420 e. The number of imide groups is 1. The minimum atomic E-state index is -1.50. The highest BCUT2D eigenvalue weighted by Gasteiger charge is 2.40. The third-order valence-electron chi connectivity index (χ3n) is 2.63. The van der Waals surface area contributed by atoms with E-state index in [9.17, 15) is 24.6 Å². The van der Waals surface area contributed by atoms with E-state index in [1.807, 2.05) is 0 Å². The molecule has 8 nitrogen and oxygen atoms in total. The van der Waals surface area contributed by atoms with Crippen molar-refractivity contribution in [3.05, 3.63) is 0 Å². The predicted molar refractivity (Wildman–Crippen MR) is 86.6 cm³/mol. The van der Waals surface area contributed by atoms with Gasteiger partial charge in [0.1, 0.15) is 17.2 Å². The number of hydrogen-bond acceptors (Lipinski definition) is 6. The van der Waals surface area contributed by atoms with Crippen LogP contribution in [0.3, 0.4) is 0 Å². The van der Waals surface area contributed by atoms with Gasteiger partial charge in [0.25, 0.3) is 0 Å². The number of carbonyl (C=O) groups is 3. The summed E-state index contributed by atoms with van der Waals surface area (Å²) in [5, 5.41) is 18.8. The largest absolute Gasteiger partial charge is 0.480 e. The number of rotatable bonds is 5. The quantitative estimate of drug-likeness (QED) is 0.786. The van der Waals surface area contributed by atoms with Gasteiger partial charge in [-0.25, -0.2) is 14.4 Å². The molecule has 0 aliphatic rings. The molecule has 0 aromatic carbocycles. The Hall–Kier alpha value is -1.83. The molecule has 0 rings (SSSR count). The van der Waals surface area contributed by atoms with Crippen LogP contribution in [0.4, 0.5) is 9.59 Å². The maximum absolute atomic E-state index is 12.4. The SMILES string of the molecule is CC(O)CCC(C(=O)O)N(C(=O)OC(C)(C)C)C(=O)OC(C)(C)C. The fourth-order valence-electron chi connectivity index (χ4n) is 1.71. The number of ether oxygens (including phenoxy) is 2. The normalized spacial score (nSPS) is 14.5. The van der Waals surface area contributed by atoms with E-state index < -0.39 is 41.5 Å². The first-order chi connectivity index (χ1) is 10.6. The van der Waals surface area contributed by atoms with Crippen molar-refractivity contribution >= 4 is 18.2 Å². The maximum atomic E-state index is 12.4. The Morgan fingerprint density at radius 1 is 0.917 bits per heavy atom. The number of carboxylic acid groups (broad SMARTS) is 1. The summed E-state index contributed by atoms with van der Waals surface area (Å²) >= 11 is 0. The molecule has 2 amide bonds. The molecule has 2 N–H and O–H groups in total. The molecule has 2 atom stereocenters. The van der Waals surface area contributed by atoms with Gasteiger partial charge in [-0.05, 0) is 61.3 Å². The molecule has 0 radical (unpaired) electrons. The zero-order valence-corrected chi connectivity index (χ0v) is 15.5. The summed E-state index contributed by atoms with van der Waals surface area (Å²) in [5.74, 6) is -1.38. The summed E-state index contributed by atoms with van der Waals surface area (Å²) in [5.41, 5.74) is -1.82. The van der Waals surface area contributed by atoms with E-state index in [2.05, 4.69) is 0 Å². The van der Waals surface area contributed by atoms with Crippen molar-refractivity contribution in [2.45, 2.75) is 84.7 Å². The number of hydrogen-bond donors (Lipinski definition) is 2. The second-order valence-corrected chi connectivity index (χ2v) is 7.61. The Labute approximate surface area is 142 Å². The Morgan fingerprint density at radius 3 is 1.54 bits per heavy atom. The number of amides is 2. The Bertz CT molecular complexity index is 432. The topological polar surface area (TPSA) is 113 Å². The number of carboxylic acids is 1. The lowest BCUT2D eigenvalue weighted by molar-refractivity contribution is -0.143. The third kappa shape index (κ3) is 8.71. The van der Waals surface area contributed by atoms with Crippen LogP contribution >= 0.6 is 0 Å². The number of nitrogens with zero attached hydrogens (tertiary/aromatic N) is 1. The van der Waals surface area contributed by atoms with E-state index in [1.165, 1.54) is 6.92 Å². The van der Waals surface area contributed by atoms with Crippen LogP contribution < -0.4 is 0 Å². The zero-order chi connectivity index (χ0) is 19.3. The molecule has 24 heavy (non-hydrogen) atoms. The molecule has 0 aliphatic carbocycles. The van der Waals surface area contributed by atoms with Crippen molar-refractivity contribution in [1.29, 1.82) is 0 Å². The summed E-state index contributed by atoms with van der Waals surface area (Å²) in [6, 6.07) is -1.50. The highest BCUT2D eigenvalue weighted by Crippen LogP contribution is 2.19. The molecular formula is C16H29NO7. The van der Waals surface area contributed by atoms with Gasteiger partial charge in [-0.3, -0.25) is 0 Å². The molecule has 0 aliphatic heterocycles. The van der Waals surface area contributed by atoms with Crippen LogP contribution in [0.25, 0.3) is 0 Å². The lowest BCUT2D eigenvalue weighted by Gasteiger charge is -2.31. The van der Waals surface area contributed by atoms with Crippen LogP contribution in [-0.2, 0) is 14.3 Å². The lowest BCUT2D eigenvalue weighted by atomic mass is 10.1. The van der Waals surface area contributed by atoms with Crippen molar-refractivity contribution < 1.29 is 34.1 Å². The summed E-state index contributed by atoms with van der Waals surface area (Å²) in [4.78, 5) is 36.7. The summed E-state index contributed by atoms with van der Waals surface area (Å²) in [6.45, 7) is 11.1. The fourth-order valence-corrected chi connectivity index (χ4v) is 1.71. The second-order valence-electron chi connectivity index (χ2n) is 7.61. The van der Waals surface area contributed by atoms with Crippen LogP contribution in [0, 0.1) is 0 Å². The van der Waals surface area contributed by atoms with Gasteiger partial charge in [0.2, 0.25) is 0 Å². The van der Waals surface area contributed by atoms with E-state index in [0.717, 1.165) is 0 Å². The molecule has 2 unspecified atom stereocenters. The first kappa shape index (κ1) is 22.2. The number of aliphatic carboxylic acids is 1. The first-order valence-corrected chi connectivity index (χ1v) is 7.80. The number of aliphatic hydroxyl groups is 1. The molecular weight excluding hydrogens is 318 g/mol. The monoisotopic (exact) mass is 347 g/mol. The van der Waals surface area contributed by atoms with Gasteiger partial charge >= 0.3 is 18.2 Å². The van der Waals surface area contributed by atoms with Crippen molar-refractivity contribution in [3.63, 3.8) is 0 Å². The molecule has 140 valence electrons. The summed E-state index contributed by atoms with van der Waals surface area (Å²) in [7, 11) is 0. The summed E-state index contributed by atoms with van der Waals surface area (Å²) in [6.07, 6.45) is -3.00. The van der Waals surface area contributed by atoms with E-state index in [4.69, 9.17) is 9.47 Å². The van der Waals surface area contributed by atoms with Crippen molar-refractivity contribution in [1.82, 2.24) is 4.90 Å². The standard InChI is InChI=1S/C16H29NO7/c1-10(18)8-9-11(12(19)20)17(13(21)23-15(2,3)4)14(22)24-16(5,6)7/h10-11,18H,8-9H2,1-7H3,(H,19,20). The van der Waals surface area contributed by atoms with Gasteiger partial charge in [-0.15, -0.1) is 0 Å². The first-order valence-electron chi connectivity index (χ1n) is 7.80. The lowest BCUT2D eigenvalue weighted by Crippen LogP contribution is -2.52. The van der Waals surface area contributed by atoms with E-state index in [1.54, 1.807) is 41.5 Å². The highest BCUT2D eigenvalue weighted by molar-refractivity contribution is 5.93. The van der Waals surface area contributed by atoms with Crippen LogP contribution in [0.2, 0.25) is 0 Å². The number of carbonyl (C=O) groups excluding carboxylic acids is 2. The minimum Gasteiger partial charge on any atom is -0.480 e. The molecule has 0 spiro atoms. The predicted octanol–water partition coefficient (Wildman–Crippen LogP) is 2.77. The minimum absolute atomic E-state index is 0.0963. The Morgan fingerprint density at radius 2 is 1.29 bits per heavy atom.